The Kier molecular flexibility index (Phi) is 3.50. The van der Waals surface area contributed by atoms with Gasteiger partial charge in [-0.2, -0.15) is 11.8 Å². The van der Waals surface area contributed by atoms with E-state index in [9.17, 15) is 0 Å². The molecular weight excluding hydrogens is 218 g/mol. The lowest BCUT2D eigenvalue weighted by Gasteiger charge is -2.24. The van der Waals surface area contributed by atoms with Gasteiger partial charge >= 0.3 is 0 Å². The molecule has 0 aliphatic carbocycles. The van der Waals surface area contributed by atoms with E-state index in [1.807, 2.05) is 17.8 Å². The topological polar surface area (TPSA) is 50.1 Å². The van der Waals surface area contributed by atoms with Gasteiger partial charge in [-0.15, -0.1) is 6.58 Å². The Labute approximate surface area is 102 Å². The standard InChI is InChI=1S/C12H21N3S/c1-3-4-5-6-7-10-11-12(13,8-16-10)15-9(2)14-11/h3,10-11,14-15H,1-2,4-8,13H2/t10?,11-,12+/m1/s1. The van der Waals surface area contributed by atoms with Crippen LogP contribution in [0.15, 0.2) is 25.1 Å². The van der Waals surface area contributed by atoms with E-state index in [0.29, 0.717) is 11.3 Å². The van der Waals surface area contributed by atoms with Crippen molar-refractivity contribution in [2.24, 2.45) is 5.73 Å². The molecule has 0 amide bonds. The Morgan fingerprint density at radius 1 is 1.56 bits per heavy atom. The Morgan fingerprint density at radius 3 is 3.12 bits per heavy atom. The van der Waals surface area contributed by atoms with Gasteiger partial charge in [-0.1, -0.05) is 19.1 Å². The number of allylic oxidation sites excluding steroid dienone is 1. The molecule has 90 valence electrons. The van der Waals surface area contributed by atoms with Gasteiger partial charge in [0.1, 0.15) is 5.66 Å². The molecule has 2 rings (SSSR count). The number of unbranched alkanes of at least 4 members (excludes halogenated alkanes) is 2. The molecule has 0 bridgehead atoms. The van der Waals surface area contributed by atoms with Gasteiger partial charge in [0.15, 0.2) is 0 Å². The van der Waals surface area contributed by atoms with Gasteiger partial charge in [-0.05, 0) is 19.3 Å². The lowest BCUT2D eigenvalue weighted by Crippen LogP contribution is -2.58. The number of hydrogen-bond acceptors (Lipinski definition) is 4. The molecule has 1 unspecified atom stereocenters. The highest BCUT2D eigenvalue weighted by Crippen LogP contribution is 2.38. The first kappa shape index (κ1) is 11.9. The number of thioether (sulfide) groups is 1. The van der Waals surface area contributed by atoms with Crippen molar-refractivity contribution in [2.45, 2.75) is 42.6 Å². The summed E-state index contributed by atoms with van der Waals surface area (Å²) in [5.74, 6) is 1.85. The van der Waals surface area contributed by atoms with Gasteiger partial charge in [0.25, 0.3) is 0 Å². The van der Waals surface area contributed by atoms with Crippen molar-refractivity contribution < 1.29 is 0 Å². The molecule has 3 atom stereocenters. The van der Waals surface area contributed by atoms with Crippen LogP contribution in [-0.2, 0) is 0 Å². The van der Waals surface area contributed by atoms with Crippen LogP contribution in [0, 0.1) is 0 Å². The maximum absolute atomic E-state index is 6.30. The second-order valence-electron chi connectivity index (χ2n) is 4.69. The number of rotatable bonds is 5. The highest BCUT2D eigenvalue weighted by atomic mass is 32.2. The molecule has 0 saturated carbocycles. The van der Waals surface area contributed by atoms with Crippen molar-refractivity contribution >= 4 is 11.8 Å². The molecule has 2 heterocycles. The average Bonchev–Trinajstić information content (AvgIpc) is 2.67. The van der Waals surface area contributed by atoms with Crippen LogP contribution in [0.5, 0.6) is 0 Å². The fraction of sp³-hybridized carbons (Fsp3) is 0.667. The number of nitrogens with two attached hydrogens (primary N) is 1. The summed E-state index contributed by atoms with van der Waals surface area (Å²) in [7, 11) is 0. The Hall–Kier alpha value is -0.610. The second-order valence-corrected chi connectivity index (χ2v) is 5.92. The molecule has 2 saturated heterocycles. The van der Waals surface area contributed by atoms with E-state index in [1.165, 1.54) is 19.3 Å². The fourth-order valence-corrected chi connectivity index (χ4v) is 4.07. The predicted molar refractivity (Wildman–Crippen MR) is 71.0 cm³/mol. The molecule has 2 aliphatic rings. The molecule has 3 nitrogen and oxygen atoms in total. The maximum atomic E-state index is 6.30. The predicted octanol–water partition coefficient (Wildman–Crippen LogP) is 1.54. The van der Waals surface area contributed by atoms with Gasteiger partial charge in [0.05, 0.1) is 11.9 Å². The maximum Gasteiger partial charge on any atom is 0.118 e. The van der Waals surface area contributed by atoms with Crippen molar-refractivity contribution in [3.8, 4) is 0 Å². The number of fused-ring (bicyclic) bond motifs is 1. The van der Waals surface area contributed by atoms with E-state index < -0.39 is 0 Å². The summed E-state index contributed by atoms with van der Waals surface area (Å²) in [5, 5.41) is 7.25. The smallest absolute Gasteiger partial charge is 0.118 e. The van der Waals surface area contributed by atoms with E-state index in [0.717, 1.165) is 18.0 Å². The van der Waals surface area contributed by atoms with Crippen molar-refractivity contribution in [3.63, 3.8) is 0 Å². The van der Waals surface area contributed by atoms with E-state index in [1.54, 1.807) is 0 Å². The van der Waals surface area contributed by atoms with Crippen LogP contribution in [0.4, 0.5) is 0 Å². The molecule has 2 aliphatic heterocycles. The third-order valence-electron chi connectivity index (χ3n) is 3.32. The average molecular weight is 239 g/mol. The van der Waals surface area contributed by atoms with Crippen LogP contribution in [-0.4, -0.2) is 22.7 Å². The highest BCUT2D eigenvalue weighted by molar-refractivity contribution is 8.00. The molecule has 2 fully saturated rings. The summed E-state index contributed by atoms with van der Waals surface area (Å²) in [4.78, 5) is 0. The zero-order valence-corrected chi connectivity index (χ0v) is 10.5. The monoisotopic (exact) mass is 239 g/mol. The summed E-state index contributed by atoms with van der Waals surface area (Å²) in [6.45, 7) is 7.65. The lowest BCUT2D eigenvalue weighted by atomic mass is 9.98. The molecular formula is C12H21N3S. The van der Waals surface area contributed by atoms with Crippen molar-refractivity contribution in [2.75, 3.05) is 5.75 Å². The molecule has 4 N–H and O–H groups in total. The lowest BCUT2D eigenvalue weighted by molar-refractivity contribution is 0.380. The molecule has 0 spiro atoms. The van der Waals surface area contributed by atoms with Gasteiger partial charge in [0, 0.05) is 11.0 Å². The molecule has 0 aromatic heterocycles. The number of nitrogens with one attached hydrogen (secondary N) is 2. The Morgan fingerprint density at radius 2 is 2.38 bits per heavy atom. The third kappa shape index (κ3) is 2.23. The SMILES string of the molecule is C=CCCCCC1SC[C@]2(N)NC(=C)N[C@H]12. The van der Waals surface area contributed by atoms with Gasteiger partial charge in [-0.25, -0.2) is 0 Å². The summed E-state index contributed by atoms with van der Waals surface area (Å²) in [5.41, 5.74) is 6.03. The largest absolute Gasteiger partial charge is 0.365 e. The van der Waals surface area contributed by atoms with Crippen LogP contribution in [0.1, 0.15) is 25.7 Å². The van der Waals surface area contributed by atoms with Crippen LogP contribution in [0.2, 0.25) is 0 Å². The van der Waals surface area contributed by atoms with Gasteiger partial charge in [-0.3, -0.25) is 0 Å². The molecule has 16 heavy (non-hydrogen) atoms. The first-order valence-corrected chi connectivity index (χ1v) is 6.95. The second kappa shape index (κ2) is 4.72. The van der Waals surface area contributed by atoms with Gasteiger partial charge in [0.2, 0.25) is 0 Å². The van der Waals surface area contributed by atoms with E-state index in [-0.39, 0.29) is 5.66 Å². The first-order valence-electron chi connectivity index (χ1n) is 5.91. The van der Waals surface area contributed by atoms with E-state index in [2.05, 4.69) is 23.8 Å². The summed E-state index contributed by atoms with van der Waals surface area (Å²) >= 11 is 1.98. The van der Waals surface area contributed by atoms with Crippen LogP contribution in [0.25, 0.3) is 0 Å². The fourth-order valence-electron chi connectivity index (χ4n) is 2.49. The number of hydrogen-bond donors (Lipinski definition) is 3. The summed E-state index contributed by atoms with van der Waals surface area (Å²) in [6, 6.07) is 0.341. The normalized spacial score (nSPS) is 36.7. The molecule has 0 radical (unpaired) electrons. The van der Waals surface area contributed by atoms with Crippen LogP contribution >= 0.6 is 11.8 Å². The molecule has 0 aromatic carbocycles. The minimum Gasteiger partial charge on any atom is -0.365 e. The van der Waals surface area contributed by atoms with Gasteiger partial charge < -0.3 is 16.4 Å². The van der Waals surface area contributed by atoms with E-state index >= 15 is 0 Å². The van der Waals surface area contributed by atoms with E-state index in [4.69, 9.17) is 5.73 Å². The van der Waals surface area contributed by atoms with Crippen molar-refractivity contribution in [1.29, 1.82) is 0 Å². The minimum absolute atomic E-state index is 0.273. The van der Waals surface area contributed by atoms with Crippen LogP contribution in [0.3, 0.4) is 0 Å². The Balaban J connectivity index is 1.83. The Bertz CT molecular complexity index is 292. The first-order chi connectivity index (χ1) is 7.65. The zero-order valence-electron chi connectivity index (χ0n) is 9.67. The van der Waals surface area contributed by atoms with Crippen molar-refractivity contribution in [1.82, 2.24) is 10.6 Å². The minimum atomic E-state index is -0.273. The van der Waals surface area contributed by atoms with Crippen LogP contribution < -0.4 is 16.4 Å². The summed E-state index contributed by atoms with van der Waals surface area (Å²) < 4.78 is 0. The molecule has 0 aromatic rings. The molecule has 4 heteroatoms. The third-order valence-corrected chi connectivity index (χ3v) is 4.90. The zero-order chi connectivity index (χ0) is 11.6. The van der Waals surface area contributed by atoms with Crippen molar-refractivity contribution in [3.05, 3.63) is 25.1 Å². The quantitative estimate of drug-likeness (QED) is 0.503. The summed E-state index contributed by atoms with van der Waals surface area (Å²) in [6.07, 6.45) is 6.83. The highest BCUT2D eigenvalue weighted by Gasteiger charge is 2.50.